The van der Waals surface area contributed by atoms with E-state index in [0.29, 0.717) is 24.6 Å². The lowest BCUT2D eigenvalue weighted by Gasteiger charge is -2.36. The molecule has 5 nitrogen and oxygen atoms in total. The second-order valence-electron chi connectivity index (χ2n) is 7.80. The highest BCUT2D eigenvalue weighted by Crippen LogP contribution is 2.24. The minimum Gasteiger partial charge on any atom is -0.373 e. The van der Waals surface area contributed by atoms with Crippen molar-refractivity contribution in [3.63, 3.8) is 0 Å². The summed E-state index contributed by atoms with van der Waals surface area (Å²) in [7, 11) is 1.75. The zero-order chi connectivity index (χ0) is 20.9. The molecule has 0 aliphatic carbocycles. The predicted octanol–water partition coefficient (Wildman–Crippen LogP) is 3.29. The molecule has 2 aromatic rings. The highest BCUT2D eigenvalue weighted by Gasteiger charge is 2.41. The van der Waals surface area contributed by atoms with Crippen LogP contribution in [0.1, 0.15) is 11.1 Å². The average Bonchev–Trinajstić information content (AvgIpc) is 3.19. The Morgan fingerprint density at radius 3 is 2.74 bits per heavy atom. The summed E-state index contributed by atoms with van der Waals surface area (Å²) in [6, 6.07) is 14.4. The average molecular weight is 542 g/mol. The molecule has 1 N–H and O–H groups in total. The van der Waals surface area contributed by atoms with Crippen molar-refractivity contribution in [1.29, 1.82) is 0 Å². The number of nitrogens with zero attached hydrogens (tertiary/aromatic N) is 3. The number of benzene rings is 2. The van der Waals surface area contributed by atoms with Crippen molar-refractivity contribution < 1.29 is 13.5 Å². The van der Waals surface area contributed by atoms with E-state index in [1.54, 1.807) is 7.05 Å². The van der Waals surface area contributed by atoms with E-state index in [2.05, 4.69) is 44.4 Å². The van der Waals surface area contributed by atoms with Crippen molar-refractivity contribution in [2.45, 2.75) is 25.1 Å². The van der Waals surface area contributed by atoms with Crippen molar-refractivity contribution in [3.8, 4) is 0 Å². The zero-order valence-corrected chi connectivity index (χ0v) is 20.0. The van der Waals surface area contributed by atoms with Crippen molar-refractivity contribution >= 4 is 29.9 Å². The number of aliphatic imine (C=N–C) groups is 1. The molecule has 0 radical (unpaired) electrons. The van der Waals surface area contributed by atoms with Gasteiger partial charge in [0.2, 0.25) is 0 Å². The first-order valence-corrected chi connectivity index (χ1v) is 10.4. The van der Waals surface area contributed by atoms with Crippen LogP contribution >= 0.6 is 24.0 Å². The highest BCUT2D eigenvalue weighted by atomic mass is 127. The molecular formula is C23H29F2IN4O. The lowest BCUT2D eigenvalue weighted by Crippen LogP contribution is -2.50. The number of morpholine rings is 1. The summed E-state index contributed by atoms with van der Waals surface area (Å²) in [4.78, 5) is 9.08. The summed E-state index contributed by atoms with van der Waals surface area (Å²) in [5.74, 6) is -0.0372. The molecule has 4 rings (SSSR count). The molecule has 31 heavy (non-hydrogen) atoms. The standard InChI is InChI=1S/C23H28F2N4O.HI/c1-26-23(27-10-9-18-13-19(24)7-8-20(18)25)29-15-21-22(16-29)30-12-11-28(21)14-17-5-3-2-4-6-17;/h2-8,13,21-22H,9-12,14-16H2,1H3,(H,26,27);1H. The first kappa shape index (κ1) is 23.9. The van der Waals surface area contributed by atoms with Gasteiger partial charge in [-0.15, -0.1) is 24.0 Å². The Hall–Kier alpha value is -1.78. The smallest absolute Gasteiger partial charge is 0.193 e. The fourth-order valence-corrected chi connectivity index (χ4v) is 4.32. The molecule has 2 unspecified atom stereocenters. The van der Waals surface area contributed by atoms with E-state index in [9.17, 15) is 8.78 Å². The topological polar surface area (TPSA) is 40.1 Å². The molecule has 8 heteroatoms. The summed E-state index contributed by atoms with van der Waals surface area (Å²) >= 11 is 0. The first-order valence-electron chi connectivity index (χ1n) is 10.4. The monoisotopic (exact) mass is 542 g/mol. The number of likely N-dealkylation sites (tertiary alicyclic amines) is 1. The number of nitrogens with one attached hydrogen (secondary N) is 1. The summed E-state index contributed by atoms with van der Waals surface area (Å²) in [5, 5.41) is 3.29. The van der Waals surface area contributed by atoms with Gasteiger partial charge in [0.25, 0.3) is 0 Å². The molecule has 2 aliphatic rings. The van der Waals surface area contributed by atoms with Crippen LogP contribution in [0.4, 0.5) is 8.78 Å². The van der Waals surface area contributed by atoms with Gasteiger partial charge >= 0.3 is 0 Å². The maximum atomic E-state index is 13.8. The van der Waals surface area contributed by atoms with Gasteiger partial charge in [-0.1, -0.05) is 30.3 Å². The summed E-state index contributed by atoms with van der Waals surface area (Å²) < 4.78 is 33.3. The van der Waals surface area contributed by atoms with Crippen molar-refractivity contribution in [2.75, 3.05) is 39.8 Å². The fourth-order valence-electron chi connectivity index (χ4n) is 4.32. The highest BCUT2D eigenvalue weighted by molar-refractivity contribution is 14.0. The third-order valence-electron chi connectivity index (χ3n) is 5.84. The van der Waals surface area contributed by atoms with Crippen LogP contribution < -0.4 is 5.32 Å². The number of fused-ring (bicyclic) bond motifs is 1. The lowest BCUT2D eigenvalue weighted by molar-refractivity contribution is -0.0502. The van der Waals surface area contributed by atoms with E-state index >= 15 is 0 Å². The Bertz CT molecular complexity index is 883. The SMILES string of the molecule is CN=C(NCCc1cc(F)ccc1F)N1CC2OCCN(Cc3ccccc3)C2C1.I. The number of ether oxygens (including phenoxy) is 1. The molecule has 2 aliphatic heterocycles. The first-order chi connectivity index (χ1) is 14.6. The largest absolute Gasteiger partial charge is 0.373 e. The van der Waals surface area contributed by atoms with Gasteiger partial charge in [0, 0.05) is 39.8 Å². The van der Waals surface area contributed by atoms with Gasteiger partial charge in [-0.05, 0) is 35.7 Å². The van der Waals surface area contributed by atoms with Crippen molar-refractivity contribution in [1.82, 2.24) is 15.1 Å². The second kappa shape index (κ2) is 11.2. The van der Waals surface area contributed by atoms with Crippen LogP contribution in [-0.4, -0.2) is 67.7 Å². The third-order valence-corrected chi connectivity index (χ3v) is 5.84. The normalized spacial score (nSPS) is 21.5. The van der Waals surface area contributed by atoms with Crippen LogP contribution in [0, 0.1) is 11.6 Å². The molecule has 168 valence electrons. The van der Waals surface area contributed by atoms with Gasteiger partial charge in [0.1, 0.15) is 11.6 Å². The number of rotatable bonds is 5. The summed E-state index contributed by atoms with van der Waals surface area (Å²) in [6.07, 6.45) is 0.529. The Labute approximate surface area is 199 Å². The molecule has 0 saturated carbocycles. The molecule has 2 heterocycles. The number of guanidine groups is 1. The van der Waals surface area contributed by atoms with E-state index < -0.39 is 5.82 Å². The predicted molar refractivity (Wildman–Crippen MR) is 129 cm³/mol. The van der Waals surface area contributed by atoms with Crippen LogP contribution in [0.2, 0.25) is 0 Å². The molecule has 2 saturated heterocycles. The van der Waals surface area contributed by atoms with E-state index in [1.807, 2.05) is 6.07 Å². The maximum Gasteiger partial charge on any atom is 0.193 e. The molecule has 0 aromatic heterocycles. The number of hydrogen-bond donors (Lipinski definition) is 1. The van der Waals surface area contributed by atoms with Crippen LogP contribution in [0.25, 0.3) is 0 Å². The second-order valence-corrected chi connectivity index (χ2v) is 7.80. The van der Waals surface area contributed by atoms with Crippen LogP contribution in [0.5, 0.6) is 0 Å². The Morgan fingerprint density at radius 2 is 1.97 bits per heavy atom. The van der Waals surface area contributed by atoms with E-state index in [1.165, 1.54) is 17.7 Å². The molecule has 2 aromatic carbocycles. The van der Waals surface area contributed by atoms with Gasteiger partial charge in [-0.2, -0.15) is 0 Å². The van der Waals surface area contributed by atoms with Crippen LogP contribution in [0.3, 0.4) is 0 Å². The number of halogens is 3. The van der Waals surface area contributed by atoms with Gasteiger partial charge in [0.15, 0.2) is 5.96 Å². The lowest BCUT2D eigenvalue weighted by atomic mass is 10.1. The van der Waals surface area contributed by atoms with Gasteiger partial charge in [0.05, 0.1) is 18.8 Å². The Kier molecular flexibility index (Phi) is 8.62. The fraction of sp³-hybridized carbons (Fsp3) is 0.435. The molecule has 0 bridgehead atoms. The summed E-state index contributed by atoms with van der Waals surface area (Å²) in [6.45, 7) is 4.62. The third kappa shape index (κ3) is 5.93. The van der Waals surface area contributed by atoms with E-state index in [0.717, 1.165) is 44.8 Å². The van der Waals surface area contributed by atoms with Crippen molar-refractivity contribution in [2.24, 2.45) is 4.99 Å². The van der Waals surface area contributed by atoms with Crippen LogP contribution in [-0.2, 0) is 17.7 Å². The Balaban J connectivity index is 0.00000272. The van der Waals surface area contributed by atoms with E-state index in [4.69, 9.17) is 4.74 Å². The van der Waals surface area contributed by atoms with Gasteiger partial charge < -0.3 is 15.0 Å². The number of hydrogen-bond acceptors (Lipinski definition) is 3. The molecule has 2 fully saturated rings. The molecule has 0 amide bonds. The Morgan fingerprint density at radius 1 is 1.16 bits per heavy atom. The molecule has 2 atom stereocenters. The summed E-state index contributed by atoms with van der Waals surface area (Å²) in [5.41, 5.74) is 1.67. The van der Waals surface area contributed by atoms with Gasteiger partial charge in [-0.25, -0.2) is 8.78 Å². The van der Waals surface area contributed by atoms with Crippen molar-refractivity contribution in [3.05, 3.63) is 71.3 Å². The minimum atomic E-state index is -0.421. The quantitative estimate of drug-likeness (QED) is 0.358. The van der Waals surface area contributed by atoms with Gasteiger partial charge in [-0.3, -0.25) is 9.89 Å². The molecular weight excluding hydrogens is 513 g/mol. The maximum absolute atomic E-state index is 13.8. The minimum absolute atomic E-state index is 0. The molecule has 0 spiro atoms. The van der Waals surface area contributed by atoms with Crippen LogP contribution in [0.15, 0.2) is 53.5 Å². The zero-order valence-electron chi connectivity index (χ0n) is 17.6. The van der Waals surface area contributed by atoms with E-state index in [-0.39, 0.29) is 35.9 Å².